The number of hydrogen-bond acceptors (Lipinski definition) is 3. The van der Waals surface area contributed by atoms with Crippen molar-refractivity contribution in [1.29, 1.82) is 0 Å². The summed E-state index contributed by atoms with van der Waals surface area (Å²) in [4.78, 5) is 4.55. The lowest BCUT2D eigenvalue weighted by Crippen LogP contribution is -2.11. The van der Waals surface area contributed by atoms with Gasteiger partial charge in [-0.3, -0.25) is 10.0 Å². The van der Waals surface area contributed by atoms with Crippen LogP contribution in [0.25, 0.3) is 0 Å². The van der Waals surface area contributed by atoms with Crippen LogP contribution in [0.15, 0.2) is 89.0 Å². The van der Waals surface area contributed by atoms with E-state index in [1.807, 2.05) is 36.5 Å². The first kappa shape index (κ1) is 26.9. The van der Waals surface area contributed by atoms with Gasteiger partial charge in [-0.15, -0.1) is 0 Å². The Labute approximate surface area is 224 Å². The normalized spacial score (nSPS) is 13.4. The number of aryl methyl sites for hydroxylation is 1. The van der Waals surface area contributed by atoms with Crippen molar-refractivity contribution in [2.75, 3.05) is 11.6 Å². The standard InChI is InChI=1S/C34H43N3/c1-2-3-4-5-6-7-8-9-10-12-15-29-20-24-33(25-21-29)37-27-26-34(36-37)31-22-18-30(19-23-31)28-35-32-16-13-11-14-17-32/h11,13-14,16-25,28H,2-10,12,15,26-27H2,1H3. The Morgan fingerprint density at radius 2 is 1.38 bits per heavy atom. The zero-order valence-corrected chi connectivity index (χ0v) is 22.6. The van der Waals surface area contributed by atoms with E-state index in [1.165, 1.54) is 87.4 Å². The third-order valence-electron chi connectivity index (χ3n) is 7.22. The molecule has 37 heavy (non-hydrogen) atoms. The zero-order chi connectivity index (χ0) is 25.5. The SMILES string of the molecule is CCCCCCCCCCCCc1ccc(N2CCC(c3ccc(C=Nc4ccccc4)cc3)=N2)cc1. The predicted octanol–water partition coefficient (Wildman–Crippen LogP) is 9.51. The largest absolute Gasteiger partial charge is 0.265 e. The molecule has 1 heterocycles. The van der Waals surface area contributed by atoms with Gasteiger partial charge in [0.2, 0.25) is 0 Å². The maximum Gasteiger partial charge on any atom is 0.0700 e. The molecule has 0 aliphatic carbocycles. The third kappa shape index (κ3) is 9.00. The molecule has 1 aliphatic rings. The first-order valence-corrected chi connectivity index (χ1v) is 14.5. The number of nitrogens with zero attached hydrogens (tertiary/aromatic N) is 3. The van der Waals surface area contributed by atoms with Gasteiger partial charge in [0.15, 0.2) is 0 Å². The molecule has 0 aromatic heterocycles. The van der Waals surface area contributed by atoms with Gasteiger partial charge in [0.05, 0.1) is 17.1 Å². The molecule has 0 bridgehead atoms. The molecule has 0 saturated carbocycles. The van der Waals surface area contributed by atoms with Crippen molar-refractivity contribution in [3.63, 3.8) is 0 Å². The van der Waals surface area contributed by atoms with E-state index in [9.17, 15) is 0 Å². The van der Waals surface area contributed by atoms with E-state index < -0.39 is 0 Å². The van der Waals surface area contributed by atoms with Gasteiger partial charge in [-0.1, -0.05) is 119 Å². The highest BCUT2D eigenvalue weighted by molar-refractivity contribution is 6.03. The van der Waals surface area contributed by atoms with Crippen LogP contribution in [0.4, 0.5) is 11.4 Å². The molecule has 0 fully saturated rings. The van der Waals surface area contributed by atoms with Crippen molar-refractivity contribution in [2.24, 2.45) is 10.1 Å². The number of hydrazone groups is 1. The Balaban J connectivity index is 1.19. The summed E-state index contributed by atoms with van der Waals surface area (Å²) in [7, 11) is 0. The lowest BCUT2D eigenvalue weighted by atomic mass is 10.0. The second-order valence-corrected chi connectivity index (χ2v) is 10.2. The Morgan fingerprint density at radius 1 is 0.730 bits per heavy atom. The number of hydrogen-bond donors (Lipinski definition) is 0. The van der Waals surface area contributed by atoms with Gasteiger partial charge in [-0.05, 0) is 53.8 Å². The lowest BCUT2D eigenvalue weighted by molar-refractivity contribution is 0.556. The quantitative estimate of drug-likeness (QED) is 0.153. The van der Waals surface area contributed by atoms with Gasteiger partial charge in [-0.2, -0.15) is 5.10 Å². The first-order valence-electron chi connectivity index (χ1n) is 14.5. The maximum absolute atomic E-state index is 4.93. The highest BCUT2D eigenvalue weighted by Crippen LogP contribution is 2.23. The molecule has 3 aromatic carbocycles. The predicted molar refractivity (Wildman–Crippen MR) is 161 cm³/mol. The minimum absolute atomic E-state index is 0.935. The summed E-state index contributed by atoms with van der Waals surface area (Å²) in [5.74, 6) is 0. The van der Waals surface area contributed by atoms with E-state index in [0.29, 0.717) is 0 Å². The smallest absolute Gasteiger partial charge is 0.0700 e. The summed E-state index contributed by atoms with van der Waals surface area (Å²) in [6.07, 6.45) is 18.0. The van der Waals surface area contributed by atoms with Crippen LogP contribution in [0.2, 0.25) is 0 Å². The van der Waals surface area contributed by atoms with Crippen molar-refractivity contribution < 1.29 is 0 Å². The summed E-state index contributed by atoms with van der Waals surface area (Å²) in [5, 5.41) is 7.07. The van der Waals surface area contributed by atoms with E-state index in [0.717, 1.165) is 29.9 Å². The summed E-state index contributed by atoms with van der Waals surface area (Å²) in [5.41, 5.74) is 7.05. The van der Waals surface area contributed by atoms with Gasteiger partial charge in [0.1, 0.15) is 0 Å². The molecule has 4 rings (SSSR count). The van der Waals surface area contributed by atoms with Crippen LogP contribution in [0.5, 0.6) is 0 Å². The molecule has 0 unspecified atom stereocenters. The molecule has 0 N–H and O–H groups in total. The van der Waals surface area contributed by atoms with E-state index in [4.69, 9.17) is 5.10 Å². The Morgan fingerprint density at radius 3 is 2.05 bits per heavy atom. The first-order chi connectivity index (χ1) is 18.3. The average molecular weight is 494 g/mol. The van der Waals surface area contributed by atoms with Crippen molar-refractivity contribution in [3.8, 4) is 0 Å². The summed E-state index contributed by atoms with van der Waals surface area (Å²) in [6.45, 7) is 3.22. The Hall–Kier alpha value is -3.20. The Bertz CT molecular complexity index is 1100. The second-order valence-electron chi connectivity index (χ2n) is 10.2. The number of benzene rings is 3. The molecular formula is C34H43N3. The minimum atomic E-state index is 0.935. The lowest BCUT2D eigenvalue weighted by Gasteiger charge is -2.14. The van der Waals surface area contributed by atoms with Crippen molar-refractivity contribution in [2.45, 2.75) is 84.0 Å². The second kappa shape index (κ2) is 15.1. The van der Waals surface area contributed by atoms with Crippen LogP contribution in [-0.4, -0.2) is 18.5 Å². The van der Waals surface area contributed by atoms with Gasteiger partial charge >= 0.3 is 0 Å². The molecule has 0 saturated heterocycles. The maximum atomic E-state index is 4.93. The fourth-order valence-corrected chi connectivity index (χ4v) is 4.92. The van der Waals surface area contributed by atoms with Crippen molar-refractivity contribution in [1.82, 2.24) is 0 Å². The summed E-state index contributed by atoms with van der Waals surface area (Å²) in [6, 6.07) is 27.6. The number of aliphatic imine (C=N–C) groups is 1. The van der Waals surface area contributed by atoms with Gasteiger partial charge in [0, 0.05) is 19.2 Å². The van der Waals surface area contributed by atoms with E-state index >= 15 is 0 Å². The van der Waals surface area contributed by atoms with Crippen molar-refractivity contribution >= 4 is 23.3 Å². The minimum Gasteiger partial charge on any atom is -0.265 e. The van der Waals surface area contributed by atoms with Crippen LogP contribution in [0.3, 0.4) is 0 Å². The van der Waals surface area contributed by atoms with Gasteiger partial charge in [0.25, 0.3) is 0 Å². The average Bonchev–Trinajstić information content (AvgIpc) is 3.45. The molecule has 0 amide bonds. The third-order valence-corrected chi connectivity index (χ3v) is 7.22. The number of para-hydroxylation sites is 1. The zero-order valence-electron chi connectivity index (χ0n) is 22.6. The molecule has 0 radical (unpaired) electrons. The molecule has 3 heteroatoms. The number of anilines is 1. The topological polar surface area (TPSA) is 28.0 Å². The van der Waals surface area contributed by atoms with Gasteiger partial charge in [-0.25, -0.2) is 0 Å². The summed E-state index contributed by atoms with van der Waals surface area (Å²) < 4.78 is 0. The number of rotatable bonds is 15. The van der Waals surface area contributed by atoms with E-state index in [-0.39, 0.29) is 0 Å². The molecule has 194 valence electrons. The van der Waals surface area contributed by atoms with Gasteiger partial charge < -0.3 is 0 Å². The van der Waals surface area contributed by atoms with Crippen LogP contribution in [-0.2, 0) is 6.42 Å². The molecule has 3 nitrogen and oxygen atoms in total. The fourth-order valence-electron chi connectivity index (χ4n) is 4.92. The van der Waals surface area contributed by atoms with Crippen LogP contribution in [0.1, 0.15) is 94.2 Å². The fraction of sp³-hybridized carbons (Fsp3) is 0.412. The van der Waals surface area contributed by atoms with Crippen LogP contribution < -0.4 is 5.01 Å². The Kier molecular flexibility index (Phi) is 11.0. The van der Waals surface area contributed by atoms with Crippen LogP contribution >= 0.6 is 0 Å². The molecule has 0 atom stereocenters. The molecule has 0 spiro atoms. The monoisotopic (exact) mass is 493 g/mol. The van der Waals surface area contributed by atoms with E-state index in [2.05, 4.69) is 65.5 Å². The summed E-state index contributed by atoms with van der Waals surface area (Å²) >= 11 is 0. The molecular weight excluding hydrogens is 450 g/mol. The molecule has 3 aromatic rings. The van der Waals surface area contributed by atoms with Crippen molar-refractivity contribution in [3.05, 3.63) is 95.6 Å². The molecule has 1 aliphatic heterocycles. The van der Waals surface area contributed by atoms with E-state index in [1.54, 1.807) is 0 Å². The number of unbranched alkanes of at least 4 members (excludes halogenated alkanes) is 9. The highest BCUT2D eigenvalue weighted by Gasteiger charge is 2.17. The highest BCUT2D eigenvalue weighted by atomic mass is 15.5. The van der Waals surface area contributed by atoms with Crippen LogP contribution in [0, 0.1) is 0 Å².